The van der Waals surface area contributed by atoms with Crippen molar-refractivity contribution in [2.24, 2.45) is 5.73 Å². The Balaban J connectivity index is 1.92. The number of nitrogens with zero attached hydrogens (tertiary/aromatic N) is 1. The molecular weight excluding hydrogens is 281 g/mol. The predicted octanol–water partition coefficient (Wildman–Crippen LogP) is 3.49. The molecule has 4 nitrogen and oxygen atoms in total. The molecule has 0 atom stereocenters. The molecule has 0 radical (unpaired) electrons. The molecule has 0 bridgehead atoms. The van der Waals surface area contributed by atoms with Crippen molar-refractivity contribution in [1.82, 2.24) is 9.97 Å². The maximum Gasteiger partial charge on any atom is 0.165 e. The molecule has 22 heavy (non-hydrogen) atoms. The molecule has 0 fully saturated rings. The van der Waals surface area contributed by atoms with Crippen molar-refractivity contribution in [1.29, 1.82) is 0 Å². The molecule has 0 aliphatic rings. The van der Waals surface area contributed by atoms with Gasteiger partial charge in [-0.25, -0.2) is 9.37 Å². The molecule has 2 aromatic heterocycles. The quantitative estimate of drug-likeness (QED) is 0.775. The molecule has 3 aromatic rings. The Hall–Kier alpha value is -2.40. The highest BCUT2D eigenvalue weighted by Gasteiger charge is 2.14. The average molecular weight is 299 g/mol. The number of ether oxygens (including phenoxy) is 1. The molecule has 3 N–H and O–H groups in total. The Labute approximate surface area is 128 Å². The third-order valence-corrected chi connectivity index (χ3v) is 3.29. The SMILES string of the molecule is CC(C)(N)COc1ccc(-c2c[nH]c3ncccc23)cc1F. The first-order valence-electron chi connectivity index (χ1n) is 7.08. The van der Waals surface area contributed by atoms with Gasteiger partial charge in [-0.05, 0) is 43.7 Å². The van der Waals surface area contributed by atoms with Gasteiger partial charge in [-0.3, -0.25) is 0 Å². The Morgan fingerprint density at radius 1 is 1.32 bits per heavy atom. The Kier molecular flexibility index (Phi) is 3.58. The van der Waals surface area contributed by atoms with Gasteiger partial charge >= 0.3 is 0 Å². The normalized spacial score (nSPS) is 11.8. The predicted molar refractivity (Wildman–Crippen MR) is 85.2 cm³/mol. The maximum absolute atomic E-state index is 14.2. The van der Waals surface area contributed by atoms with Crippen LogP contribution in [0.2, 0.25) is 0 Å². The van der Waals surface area contributed by atoms with Gasteiger partial charge in [0.05, 0.1) is 0 Å². The van der Waals surface area contributed by atoms with E-state index >= 15 is 0 Å². The minimum atomic E-state index is -0.506. The fraction of sp³-hybridized carbons (Fsp3) is 0.235. The molecule has 0 saturated heterocycles. The van der Waals surface area contributed by atoms with Crippen molar-refractivity contribution < 1.29 is 9.13 Å². The number of benzene rings is 1. The van der Waals surface area contributed by atoms with Crippen LogP contribution in [0.25, 0.3) is 22.2 Å². The third-order valence-electron chi connectivity index (χ3n) is 3.29. The van der Waals surface area contributed by atoms with Gasteiger partial charge < -0.3 is 15.5 Å². The summed E-state index contributed by atoms with van der Waals surface area (Å²) in [6, 6.07) is 8.74. The molecule has 0 aliphatic heterocycles. The van der Waals surface area contributed by atoms with Crippen molar-refractivity contribution in [3.63, 3.8) is 0 Å². The van der Waals surface area contributed by atoms with E-state index in [0.717, 1.165) is 22.2 Å². The summed E-state index contributed by atoms with van der Waals surface area (Å²) in [5, 5.41) is 0.957. The maximum atomic E-state index is 14.2. The Morgan fingerprint density at radius 2 is 2.14 bits per heavy atom. The lowest BCUT2D eigenvalue weighted by Gasteiger charge is -2.19. The van der Waals surface area contributed by atoms with Crippen LogP contribution >= 0.6 is 0 Å². The summed E-state index contributed by atoms with van der Waals surface area (Å²) < 4.78 is 19.7. The second kappa shape index (κ2) is 5.42. The number of rotatable bonds is 4. The molecule has 0 spiro atoms. The van der Waals surface area contributed by atoms with Crippen LogP contribution in [0.15, 0.2) is 42.7 Å². The van der Waals surface area contributed by atoms with Gasteiger partial charge in [0.15, 0.2) is 11.6 Å². The van der Waals surface area contributed by atoms with Crippen molar-refractivity contribution in [2.45, 2.75) is 19.4 Å². The lowest BCUT2D eigenvalue weighted by atomic mass is 10.1. The largest absolute Gasteiger partial charge is 0.489 e. The van der Waals surface area contributed by atoms with Gasteiger partial charge in [0.2, 0.25) is 0 Å². The standard InChI is InChI=1S/C17H18FN3O/c1-17(2,19)10-22-15-6-5-11(8-14(15)18)13-9-21-16-12(13)4-3-7-20-16/h3-9H,10,19H2,1-2H3,(H,20,21). The monoisotopic (exact) mass is 299 g/mol. The van der Waals surface area contributed by atoms with E-state index in [9.17, 15) is 4.39 Å². The van der Waals surface area contributed by atoms with E-state index in [2.05, 4.69) is 9.97 Å². The zero-order chi connectivity index (χ0) is 15.7. The van der Waals surface area contributed by atoms with Crippen LogP contribution in [0.3, 0.4) is 0 Å². The van der Waals surface area contributed by atoms with Crippen molar-refractivity contribution >= 4 is 11.0 Å². The van der Waals surface area contributed by atoms with E-state index in [4.69, 9.17) is 10.5 Å². The first kappa shape index (κ1) is 14.5. The number of hydrogen-bond acceptors (Lipinski definition) is 3. The first-order chi connectivity index (χ1) is 10.4. The molecule has 1 aromatic carbocycles. The highest BCUT2D eigenvalue weighted by molar-refractivity contribution is 5.93. The minimum absolute atomic E-state index is 0.209. The van der Waals surface area contributed by atoms with Crippen molar-refractivity contribution in [2.75, 3.05) is 6.61 Å². The zero-order valence-electron chi connectivity index (χ0n) is 12.6. The van der Waals surface area contributed by atoms with E-state index in [1.165, 1.54) is 6.07 Å². The molecule has 0 saturated carbocycles. The summed E-state index contributed by atoms with van der Waals surface area (Å²) >= 11 is 0. The smallest absolute Gasteiger partial charge is 0.165 e. The van der Waals surface area contributed by atoms with Gasteiger partial charge in [-0.1, -0.05) is 6.07 Å². The fourth-order valence-electron chi connectivity index (χ4n) is 2.24. The number of H-pyrrole nitrogens is 1. The lowest BCUT2D eigenvalue weighted by molar-refractivity contribution is 0.234. The van der Waals surface area contributed by atoms with Crippen molar-refractivity contribution in [3.8, 4) is 16.9 Å². The number of halogens is 1. The molecule has 3 rings (SSSR count). The van der Waals surface area contributed by atoms with Crippen LogP contribution in [0.5, 0.6) is 5.75 Å². The van der Waals surface area contributed by atoms with Crippen LogP contribution in [-0.2, 0) is 0 Å². The summed E-state index contributed by atoms with van der Waals surface area (Å²) in [4.78, 5) is 7.32. The van der Waals surface area contributed by atoms with Gasteiger partial charge in [0, 0.05) is 28.9 Å². The lowest BCUT2D eigenvalue weighted by Crippen LogP contribution is -2.38. The van der Waals surface area contributed by atoms with Crippen LogP contribution < -0.4 is 10.5 Å². The highest BCUT2D eigenvalue weighted by atomic mass is 19.1. The molecule has 114 valence electrons. The first-order valence-corrected chi connectivity index (χ1v) is 7.08. The van der Waals surface area contributed by atoms with Gasteiger partial charge in [-0.2, -0.15) is 0 Å². The number of aromatic amines is 1. The molecule has 0 amide bonds. The van der Waals surface area contributed by atoms with Gasteiger partial charge in [0.1, 0.15) is 12.3 Å². The summed E-state index contributed by atoms with van der Waals surface area (Å²) in [6.45, 7) is 3.91. The van der Waals surface area contributed by atoms with Crippen LogP contribution in [0.4, 0.5) is 4.39 Å². The summed E-state index contributed by atoms with van der Waals surface area (Å²) in [7, 11) is 0. The van der Waals surface area contributed by atoms with Crippen LogP contribution in [0, 0.1) is 5.82 Å². The van der Waals surface area contributed by atoms with E-state index < -0.39 is 11.4 Å². The number of nitrogens with one attached hydrogen (secondary N) is 1. The topological polar surface area (TPSA) is 63.9 Å². The molecule has 0 unspecified atom stereocenters. The fourth-order valence-corrected chi connectivity index (χ4v) is 2.24. The number of fused-ring (bicyclic) bond motifs is 1. The summed E-state index contributed by atoms with van der Waals surface area (Å²) in [5.74, 6) is -0.194. The Morgan fingerprint density at radius 3 is 2.86 bits per heavy atom. The minimum Gasteiger partial charge on any atom is -0.489 e. The average Bonchev–Trinajstić information content (AvgIpc) is 2.89. The number of aromatic nitrogens is 2. The van der Waals surface area contributed by atoms with Gasteiger partial charge in [-0.15, -0.1) is 0 Å². The zero-order valence-corrected chi connectivity index (χ0v) is 12.6. The van der Waals surface area contributed by atoms with Crippen LogP contribution in [-0.4, -0.2) is 22.1 Å². The second-order valence-corrected chi connectivity index (χ2v) is 6.02. The summed E-state index contributed by atoms with van der Waals surface area (Å²) in [6.07, 6.45) is 3.55. The van der Waals surface area contributed by atoms with Crippen molar-refractivity contribution in [3.05, 3.63) is 48.5 Å². The molecule has 2 heterocycles. The van der Waals surface area contributed by atoms with E-state index in [-0.39, 0.29) is 12.4 Å². The number of pyridine rings is 1. The van der Waals surface area contributed by atoms with E-state index in [0.29, 0.717) is 0 Å². The third kappa shape index (κ3) is 2.94. The highest BCUT2D eigenvalue weighted by Crippen LogP contribution is 2.30. The Bertz CT molecular complexity index is 805. The summed E-state index contributed by atoms with van der Waals surface area (Å²) in [5.41, 5.74) is 7.80. The number of hydrogen-bond donors (Lipinski definition) is 2. The van der Waals surface area contributed by atoms with E-state index in [1.807, 2.05) is 38.2 Å². The van der Waals surface area contributed by atoms with Crippen LogP contribution in [0.1, 0.15) is 13.8 Å². The second-order valence-electron chi connectivity index (χ2n) is 6.02. The van der Waals surface area contributed by atoms with Gasteiger partial charge in [0.25, 0.3) is 0 Å². The number of nitrogens with two attached hydrogens (primary N) is 1. The molecule has 5 heteroatoms. The molecule has 0 aliphatic carbocycles. The van der Waals surface area contributed by atoms with E-state index in [1.54, 1.807) is 12.3 Å². The molecular formula is C17H18FN3O.